The molecule has 0 unspecified atom stereocenters. The standard InChI is InChI=1S/C28H28N4O5S/c1-3-37-27(34)24-18(2)29-28-31(25(24)19-10-6-4-7-11-19)26(33)23(38-28)17-20-16-21(32(35)36)12-13-22(20)30-14-8-5-9-15-30/h4,6-7,10-13,16-17,25H,3,5,8-9,14-15H2,1-2H3/t25-/m1/s1. The summed E-state index contributed by atoms with van der Waals surface area (Å²) in [6.07, 6.45) is 4.96. The van der Waals surface area contributed by atoms with Crippen molar-refractivity contribution < 1.29 is 14.5 Å². The van der Waals surface area contributed by atoms with E-state index in [0.29, 0.717) is 26.2 Å². The van der Waals surface area contributed by atoms with Gasteiger partial charge in [-0.05, 0) is 50.8 Å². The van der Waals surface area contributed by atoms with Gasteiger partial charge in [0.25, 0.3) is 11.2 Å². The first kappa shape index (κ1) is 25.6. The number of fused-ring (bicyclic) bond motifs is 1. The van der Waals surface area contributed by atoms with Crippen molar-refractivity contribution in [1.29, 1.82) is 0 Å². The van der Waals surface area contributed by atoms with Crippen LogP contribution in [0, 0.1) is 10.1 Å². The Labute approximate surface area is 223 Å². The topological polar surface area (TPSA) is 107 Å². The smallest absolute Gasteiger partial charge is 0.338 e. The Balaban J connectivity index is 1.71. The molecule has 2 aliphatic heterocycles. The molecule has 1 fully saturated rings. The first-order valence-corrected chi connectivity index (χ1v) is 13.5. The number of esters is 1. The molecule has 2 aromatic carbocycles. The van der Waals surface area contributed by atoms with Crippen LogP contribution in [0.4, 0.5) is 11.4 Å². The lowest BCUT2D eigenvalue weighted by molar-refractivity contribution is -0.384. The van der Waals surface area contributed by atoms with E-state index in [1.165, 1.54) is 28.0 Å². The molecule has 0 N–H and O–H groups in total. The predicted octanol–water partition coefficient (Wildman–Crippen LogP) is 3.70. The van der Waals surface area contributed by atoms with Crippen molar-refractivity contribution in [2.45, 2.75) is 39.2 Å². The summed E-state index contributed by atoms with van der Waals surface area (Å²) < 4.78 is 7.25. The molecule has 38 heavy (non-hydrogen) atoms. The van der Waals surface area contributed by atoms with E-state index < -0.39 is 16.9 Å². The molecule has 9 nitrogen and oxygen atoms in total. The largest absolute Gasteiger partial charge is 0.463 e. The maximum Gasteiger partial charge on any atom is 0.338 e. The fourth-order valence-electron chi connectivity index (χ4n) is 5.08. The fourth-order valence-corrected chi connectivity index (χ4v) is 6.11. The third-order valence-corrected chi connectivity index (χ3v) is 7.82. The number of benzene rings is 2. The van der Waals surface area contributed by atoms with Gasteiger partial charge in [0.1, 0.15) is 0 Å². The molecule has 3 aromatic rings. The van der Waals surface area contributed by atoms with Crippen molar-refractivity contribution in [3.8, 4) is 0 Å². The lowest BCUT2D eigenvalue weighted by Crippen LogP contribution is -2.40. The van der Waals surface area contributed by atoms with E-state index in [1.807, 2.05) is 30.3 Å². The average molecular weight is 533 g/mol. The number of allylic oxidation sites excluding steroid dienone is 1. The van der Waals surface area contributed by atoms with E-state index in [2.05, 4.69) is 9.89 Å². The highest BCUT2D eigenvalue weighted by Crippen LogP contribution is 2.31. The minimum atomic E-state index is -0.694. The Bertz CT molecular complexity index is 1600. The minimum Gasteiger partial charge on any atom is -0.463 e. The number of non-ortho nitro benzene ring substituents is 1. The van der Waals surface area contributed by atoms with Gasteiger partial charge in [0.05, 0.1) is 33.4 Å². The van der Waals surface area contributed by atoms with Crippen LogP contribution in [0.3, 0.4) is 0 Å². The fraction of sp³-hybridized carbons (Fsp3) is 0.321. The van der Waals surface area contributed by atoms with Crippen LogP contribution < -0.4 is 19.8 Å². The third-order valence-electron chi connectivity index (χ3n) is 6.84. The minimum absolute atomic E-state index is 0.0348. The quantitative estimate of drug-likeness (QED) is 0.272. The van der Waals surface area contributed by atoms with Crippen LogP contribution in [0.1, 0.15) is 50.3 Å². The molecule has 1 atom stereocenters. The number of carbonyl (C=O) groups is 1. The zero-order valence-electron chi connectivity index (χ0n) is 21.3. The number of hydrogen-bond acceptors (Lipinski definition) is 8. The van der Waals surface area contributed by atoms with E-state index in [4.69, 9.17) is 4.74 Å². The molecular weight excluding hydrogens is 504 g/mol. The van der Waals surface area contributed by atoms with Crippen molar-refractivity contribution in [2.75, 3.05) is 24.6 Å². The second-order valence-electron chi connectivity index (χ2n) is 9.26. The van der Waals surface area contributed by atoms with Crippen molar-refractivity contribution in [1.82, 2.24) is 4.57 Å². The van der Waals surface area contributed by atoms with Gasteiger partial charge >= 0.3 is 5.97 Å². The van der Waals surface area contributed by atoms with E-state index in [0.717, 1.165) is 43.6 Å². The third kappa shape index (κ3) is 4.79. The Hall–Kier alpha value is -4.05. The molecule has 0 radical (unpaired) electrons. The van der Waals surface area contributed by atoms with Crippen molar-refractivity contribution in [2.24, 2.45) is 4.99 Å². The van der Waals surface area contributed by atoms with Gasteiger partial charge in [0.2, 0.25) is 0 Å². The molecular formula is C28H28N4O5S. The lowest BCUT2D eigenvalue weighted by atomic mass is 9.96. The summed E-state index contributed by atoms with van der Waals surface area (Å²) in [4.78, 5) is 45.3. The Morgan fingerprint density at radius 1 is 1.18 bits per heavy atom. The van der Waals surface area contributed by atoms with Gasteiger partial charge in [-0.15, -0.1) is 0 Å². The van der Waals surface area contributed by atoms with Crippen LogP contribution in [-0.2, 0) is 9.53 Å². The summed E-state index contributed by atoms with van der Waals surface area (Å²) in [6, 6.07) is 13.4. The molecule has 5 rings (SSSR count). The van der Waals surface area contributed by atoms with Gasteiger partial charge in [0.15, 0.2) is 4.80 Å². The van der Waals surface area contributed by atoms with Crippen molar-refractivity contribution >= 4 is 34.8 Å². The summed E-state index contributed by atoms with van der Waals surface area (Å²) in [7, 11) is 0. The van der Waals surface area contributed by atoms with Gasteiger partial charge in [0, 0.05) is 36.5 Å². The molecule has 0 saturated carbocycles. The molecule has 0 amide bonds. The number of hydrogen-bond donors (Lipinski definition) is 0. The van der Waals surface area contributed by atoms with Crippen LogP contribution >= 0.6 is 11.3 Å². The van der Waals surface area contributed by atoms with E-state index >= 15 is 0 Å². The molecule has 0 aliphatic carbocycles. The van der Waals surface area contributed by atoms with Gasteiger partial charge in [-0.2, -0.15) is 0 Å². The maximum absolute atomic E-state index is 13.9. The molecule has 10 heteroatoms. The predicted molar refractivity (Wildman–Crippen MR) is 146 cm³/mol. The maximum atomic E-state index is 13.9. The molecule has 2 aliphatic rings. The van der Waals surface area contributed by atoms with Gasteiger partial charge in [-0.3, -0.25) is 19.5 Å². The second-order valence-corrected chi connectivity index (χ2v) is 10.3. The van der Waals surface area contributed by atoms with Crippen LogP contribution in [0.25, 0.3) is 6.08 Å². The molecule has 0 spiro atoms. The number of nitro groups is 1. The van der Waals surface area contributed by atoms with Gasteiger partial charge < -0.3 is 9.64 Å². The number of anilines is 1. The first-order valence-electron chi connectivity index (χ1n) is 12.7. The van der Waals surface area contributed by atoms with Crippen molar-refractivity contribution in [3.63, 3.8) is 0 Å². The van der Waals surface area contributed by atoms with E-state index in [1.54, 1.807) is 26.0 Å². The van der Waals surface area contributed by atoms with Crippen LogP contribution in [0.15, 0.2) is 69.6 Å². The number of rotatable bonds is 6. The van der Waals surface area contributed by atoms with E-state index in [-0.39, 0.29) is 17.9 Å². The number of ether oxygens (including phenoxy) is 1. The molecule has 0 bridgehead atoms. The number of piperidine rings is 1. The SMILES string of the molecule is CCOC(=O)C1=C(C)N=c2sc(=Cc3cc([N+](=O)[O-])ccc3N3CCCCC3)c(=O)n2[C@@H]1c1ccccc1. The zero-order valence-corrected chi connectivity index (χ0v) is 22.1. The Morgan fingerprint density at radius 2 is 1.92 bits per heavy atom. The second kappa shape index (κ2) is 10.7. The van der Waals surface area contributed by atoms with E-state index in [9.17, 15) is 19.7 Å². The van der Waals surface area contributed by atoms with Crippen LogP contribution in [0.2, 0.25) is 0 Å². The highest BCUT2D eigenvalue weighted by Gasteiger charge is 2.33. The van der Waals surface area contributed by atoms with Crippen LogP contribution in [0.5, 0.6) is 0 Å². The number of aromatic nitrogens is 1. The Morgan fingerprint density at radius 3 is 2.61 bits per heavy atom. The molecule has 196 valence electrons. The van der Waals surface area contributed by atoms with Crippen LogP contribution in [-0.4, -0.2) is 35.2 Å². The lowest BCUT2D eigenvalue weighted by Gasteiger charge is -2.30. The van der Waals surface area contributed by atoms with Gasteiger partial charge in [-0.1, -0.05) is 41.7 Å². The Kier molecular flexibility index (Phi) is 7.24. The summed E-state index contributed by atoms with van der Waals surface area (Å²) in [5.74, 6) is -0.511. The summed E-state index contributed by atoms with van der Waals surface area (Å²) in [5, 5.41) is 11.6. The monoisotopic (exact) mass is 532 g/mol. The summed E-state index contributed by atoms with van der Waals surface area (Å²) in [6.45, 7) is 5.40. The number of nitrogens with zero attached hydrogens (tertiary/aromatic N) is 4. The highest BCUT2D eigenvalue weighted by molar-refractivity contribution is 7.07. The molecule has 3 heterocycles. The number of thiazole rings is 1. The van der Waals surface area contributed by atoms with Crippen molar-refractivity contribution in [3.05, 3.63) is 101 Å². The first-order chi connectivity index (χ1) is 18.4. The average Bonchev–Trinajstić information content (AvgIpc) is 3.22. The molecule has 1 aromatic heterocycles. The summed E-state index contributed by atoms with van der Waals surface area (Å²) in [5.41, 5.74) is 2.71. The number of nitro benzene ring substituents is 1. The highest BCUT2D eigenvalue weighted by atomic mass is 32.1. The zero-order chi connectivity index (χ0) is 26.8. The number of carbonyl (C=O) groups excluding carboxylic acids is 1. The summed E-state index contributed by atoms with van der Waals surface area (Å²) >= 11 is 1.21. The normalized spacial score (nSPS) is 17.7. The van der Waals surface area contributed by atoms with Gasteiger partial charge in [-0.25, -0.2) is 9.79 Å². The molecule has 1 saturated heterocycles.